The molecule has 0 aromatic heterocycles. The molecule has 0 unspecified atom stereocenters. The number of anilines is 1. The minimum absolute atomic E-state index is 0.107. The predicted octanol–water partition coefficient (Wildman–Crippen LogP) is 2.39. The summed E-state index contributed by atoms with van der Waals surface area (Å²) < 4.78 is 27.1. The van der Waals surface area contributed by atoms with Crippen LogP contribution in [0.1, 0.15) is 27.6 Å². The van der Waals surface area contributed by atoms with Gasteiger partial charge in [-0.3, -0.25) is 9.52 Å². The molecule has 0 aliphatic carbocycles. The number of rotatable bonds is 5. The summed E-state index contributed by atoms with van der Waals surface area (Å²) in [7, 11) is -4.13. The van der Waals surface area contributed by atoms with Crippen LogP contribution in [0.4, 0.5) is 5.69 Å². The van der Waals surface area contributed by atoms with E-state index in [1.54, 1.807) is 12.1 Å². The maximum absolute atomic E-state index is 12.4. The fraction of sp³-hybridized carbons (Fsp3) is 0.0667. The predicted molar refractivity (Wildman–Crippen MR) is 80.7 cm³/mol. The Bertz CT molecular complexity index is 843. The van der Waals surface area contributed by atoms with Gasteiger partial charge in [0, 0.05) is 5.56 Å². The van der Waals surface area contributed by atoms with E-state index in [-0.39, 0.29) is 27.5 Å². The maximum Gasteiger partial charge on any atom is 0.337 e. The molecule has 2 N–H and O–H groups in total. The van der Waals surface area contributed by atoms with Crippen LogP contribution in [0, 0.1) is 0 Å². The van der Waals surface area contributed by atoms with Gasteiger partial charge in [0.15, 0.2) is 5.78 Å². The zero-order chi connectivity index (χ0) is 16.3. The number of nitrogens with one attached hydrogen (secondary N) is 1. The van der Waals surface area contributed by atoms with E-state index in [0.717, 1.165) is 0 Å². The molecule has 0 atom stereocenters. The average molecular weight is 319 g/mol. The molecule has 6 nitrogen and oxygen atoms in total. The molecule has 2 aromatic carbocycles. The Labute approximate surface area is 127 Å². The number of hydrogen-bond donors (Lipinski definition) is 2. The smallest absolute Gasteiger partial charge is 0.337 e. The molecule has 0 heterocycles. The van der Waals surface area contributed by atoms with Gasteiger partial charge in [0.25, 0.3) is 10.0 Å². The summed E-state index contributed by atoms with van der Waals surface area (Å²) in [4.78, 5) is 22.3. The van der Waals surface area contributed by atoms with Gasteiger partial charge in [0.2, 0.25) is 0 Å². The first-order valence-electron chi connectivity index (χ1n) is 6.28. The second kappa shape index (κ2) is 5.98. The van der Waals surface area contributed by atoms with Crippen LogP contribution in [-0.4, -0.2) is 25.3 Å². The second-order valence-corrected chi connectivity index (χ2v) is 6.16. The number of para-hydroxylation sites is 1. The third-order valence-corrected chi connectivity index (χ3v) is 4.38. The van der Waals surface area contributed by atoms with Crippen molar-refractivity contribution in [1.82, 2.24) is 0 Å². The van der Waals surface area contributed by atoms with Crippen molar-refractivity contribution >= 4 is 27.5 Å². The first-order chi connectivity index (χ1) is 10.3. The largest absolute Gasteiger partial charge is 0.478 e. The minimum atomic E-state index is -4.13. The first kappa shape index (κ1) is 15.7. The van der Waals surface area contributed by atoms with Gasteiger partial charge in [-0.05, 0) is 31.2 Å². The fourth-order valence-corrected chi connectivity index (χ4v) is 3.24. The van der Waals surface area contributed by atoms with Crippen LogP contribution in [-0.2, 0) is 10.0 Å². The van der Waals surface area contributed by atoms with E-state index >= 15 is 0 Å². The topological polar surface area (TPSA) is 101 Å². The van der Waals surface area contributed by atoms with Crippen molar-refractivity contribution in [1.29, 1.82) is 0 Å². The number of aromatic carboxylic acids is 1. The van der Waals surface area contributed by atoms with E-state index in [0.29, 0.717) is 0 Å². The summed E-state index contributed by atoms with van der Waals surface area (Å²) in [6.45, 7) is 1.32. The lowest BCUT2D eigenvalue weighted by atomic mass is 10.1. The van der Waals surface area contributed by atoms with E-state index < -0.39 is 16.0 Å². The summed E-state index contributed by atoms with van der Waals surface area (Å²) in [5.74, 6) is -1.65. The quantitative estimate of drug-likeness (QED) is 0.824. The highest BCUT2D eigenvalue weighted by molar-refractivity contribution is 7.92. The molecule has 0 aliphatic rings. The molecule has 0 radical (unpaired) electrons. The van der Waals surface area contributed by atoms with Crippen LogP contribution in [0.5, 0.6) is 0 Å². The van der Waals surface area contributed by atoms with Gasteiger partial charge in [0.05, 0.1) is 11.3 Å². The molecule has 0 fully saturated rings. The molecule has 0 saturated heterocycles. The molecule has 114 valence electrons. The highest BCUT2D eigenvalue weighted by atomic mass is 32.2. The number of carbonyl (C=O) groups is 2. The molecule has 7 heteroatoms. The molecule has 2 aromatic rings. The van der Waals surface area contributed by atoms with E-state index in [1.807, 2.05) is 0 Å². The molecule has 2 rings (SSSR count). The van der Waals surface area contributed by atoms with Crippen LogP contribution in [0.2, 0.25) is 0 Å². The van der Waals surface area contributed by atoms with Crippen molar-refractivity contribution in [3.8, 4) is 0 Å². The fourth-order valence-electron chi connectivity index (χ4n) is 1.96. The highest BCUT2D eigenvalue weighted by Crippen LogP contribution is 2.22. The zero-order valence-corrected chi connectivity index (χ0v) is 12.4. The second-order valence-electron chi connectivity index (χ2n) is 4.51. The van der Waals surface area contributed by atoms with E-state index in [9.17, 15) is 18.0 Å². The molecule has 22 heavy (non-hydrogen) atoms. The third-order valence-electron chi connectivity index (χ3n) is 2.96. The summed E-state index contributed by atoms with van der Waals surface area (Å²) in [5.41, 5.74) is -0.0237. The number of sulfonamides is 1. The van der Waals surface area contributed by atoms with Gasteiger partial charge < -0.3 is 5.11 Å². The van der Waals surface area contributed by atoms with Gasteiger partial charge in [0.1, 0.15) is 4.90 Å². The Morgan fingerprint density at radius 2 is 1.50 bits per heavy atom. The van der Waals surface area contributed by atoms with Crippen molar-refractivity contribution in [2.75, 3.05) is 4.72 Å². The number of ketones is 1. The normalized spacial score (nSPS) is 11.0. The number of hydrogen-bond acceptors (Lipinski definition) is 4. The van der Waals surface area contributed by atoms with Crippen molar-refractivity contribution in [2.24, 2.45) is 0 Å². The van der Waals surface area contributed by atoms with Crippen LogP contribution in [0.25, 0.3) is 0 Å². The molecule has 0 bridgehead atoms. The standard InChI is InChI=1S/C15H13NO5S/c1-10(17)11-6-2-4-8-13(11)16-22(20,21)14-9-5-3-7-12(14)15(18)19/h2-9,16H,1H3,(H,18,19). The number of carboxylic acid groups (broad SMARTS) is 1. The SMILES string of the molecule is CC(=O)c1ccccc1NS(=O)(=O)c1ccccc1C(=O)O. The summed E-state index contributed by atoms with van der Waals surface area (Å²) in [6.07, 6.45) is 0. The summed E-state index contributed by atoms with van der Waals surface area (Å²) >= 11 is 0. The number of benzene rings is 2. The Kier molecular flexibility index (Phi) is 4.27. The average Bonchev–Trinajstić information content (AvgIpc) is 2.47. The lowest BCUT2D eigenvalue weighted by molar-refractivity contribution is 0.0692. The lowest BCUT2D eigenvalue weighted by Crippen LogP contribution is -2.18. The van der Waals surface area contributed by atoms with Gasteiger partial charge in [-0.2, -0.15) is 0 Å². The van der Waals surface area contributed by atoms with E-state index in [4.69, 9.17) is 5.11 Å². The Morgan fingerprint density at radius 3 is 2.09 bits per heavy atom. The van der Waals surface area contributed by atoms with Crippen molar-refractivity contribution < 1.29 is 23.1 Å². The van der Waals surface area contributed by atoms with Crippen molar-refractivity contribution in [3.05, 3.63) is 59.7 Å². The van der Waals surface area contributed by atoms with Crippen LogP contribution < -0.4 is 4.72 Å². The van der Waals surface area contributed by atoms with Crippen molar-refractivity contribution in [2.45, 2.75) is 11.8 Å². The van der Waals surface area contributed by atoms with E-state index in [1.165, 1.54) is 43.3 Å². The number of carbonyl (C=O) groups excluding carboxylic acids is 1. The van der Waals surface area contributed by atoms with Gasteiger partial charge in [-0.25, -0.2) is 13.2 Å². The highest BCUT2D eigenvalue weighted by Gasteiger charge is 2.23. The molecule has 0 amide bonds. The number of Topliss-reactive ketones (excluding diaryl/α,β-unsaturated/α-hetero) is 1. The monoisotopic (exact) mass is 319 g/mol. The summed E-state index contributed by atoms with van der Waals surface area (Å²) in [5, 5.41) is 9.09. The molecule has 0 aliphatic heterocycles. The summed E-state index contributed by atoms with van der Waals surface area (Å²) in [6, 6.07) is 11.4. The third kappa shape index (κ3) is 3.15. The van der Waals surface area contributed by atoms with E-state index in [2.05, 4.69) is 4.72 Å². The molecular formula is C15H13NO5S. The molecule has 0 spiro atoms. The van der Waals surface area contributed by atoms with Crippen LogP contribution >= 0.6 is 0 Å². The Balaban J connectivity index is 2.50. The van der Waals surface area contributed by atoms with Gasteiger partial charge in [-0.15, -0.1) is 0 Å². The van der Waals surface area contributed by atoms with Crippen molar-refractivity contribution in [3.63, 3.8) is 0 Å². The van der Waals surface area contributed by atoms with Gasteiger partial charge in [-0.1, -0.05) is 24.3 Å². The zero-order valence-electron chi connectivity index (χ0n) is 11.6. The van der Waals surface area contributed by atoms with Gasteiger partial charge >= 0.3 is 5.97 Å². The Hall–Kier alpha value is -2.67. The lowest BCUT2D eigenvalue weighted by Gasteiger charge is -2.12. The Morgan fingerprint density at radius 1 is 0.955 bits per heavy atom. The number of carboxylic acids is 1. The van der Waals surface area contributed by atoms with Crippen LogP contribution in [0.15, 0.2) is 53.4 Å². The first-order valence-corrected chi connectivity index (χ1v) is 7.76. The van der Waals surface area contributed by atoms with Crippen LogP contribution in [0.3, 0.4) is 0 Å². The minimum Gasteiger partial charge on any atom is -0.478 e. The molecular weight excluding hydrogens is 306 g/mol. The molecule has 0 saturated carbocycles. The maximum atomic E-state index is 12.4.